The van der Waals surface area contributed by atoms with Gasteiger partial charge in [0.2, 0.25) is 5.91 Å². The second-order valence-electron chi connectivity index (χ2n) is 7.22. The quantitative estimate of drug-likeness (QED) is 0.546. The Morgan fingerprint density at radius 3 is 2.48 bits per heavy atom. The van der Waals surface area contributed by atoms with Crippen LogP contribution >= 0.6 is 11.6 Å². The van der Waals surface area contributed by atoms with Gasteiger partial charge in [0.15, 0.2) is 11.5 Å². The number of benzene rings is 3. The van der Waals surface area contributed by atoms with E-state index < -0.39 is 34.4 Å². The number of fused-ring (bicyclic) bond motifs is 1. The molecule has 1 aliphatic rings. The zero-order valence-electron chi connectivity index (χ0n) is 17.3. The Hall–Kier alpha value is -3.30. The lowest BCUT2D eigenvalue weighted by atomic mass is 10.2. The van der Waals surface area contributed by atoms with Gasteiger partial charge in [-0.1, -0.05) is 41.9 Å². The Balaban J connectivity index is 1.50. The van der Waals surface area contributed by atoms with Crippen LogP contribution in [0.25, 0.3) is 0 Å². The molecule has 1 aliphatic heterocycles. The molecule has 0 radical (unpaired) electrons. The normalized spacial score (nSPS) is 15.0. The molecule has 172 valence electrons. The fourth-order valence-electron chi connectivity index (χ4n) is 3.25. The minimum Gasteiger partial charge on any atom is -0.486 e. The van der Waals surface area contributed by atoms with Crippen LogP contribution in [0.5, 0.6) is 11.5 Å². The summed E-state index contributed by atoms with van der Waals surface area (Å²) >= 11 is 5.87. The summed E-state index contributed by atoms with van der Waals surface area (Å²) < 4.78 is 52.5. The summed E-state index contributed by atoms with van der Waals surface area (Å²) in [7, 11) is -4.13. The van der Waals surface area contributed by atoms with Gasteiger partial charge in [-0.2, -0.15) is 0 Å². The van der Waals surface area contributed by atoms with Gasteiger partial charge in [0, 0.05) is 0 Å². The van der Waals surface area contributed by atoms with Gasteiger partial charge in [-0.15, -0.1) is 0 Å². The molecule has 0 aliphatic carbocycles. The van der Waals surface area contributed by atoms with Crippen LogP contribution in [0.15, 0.2) is 77.7 Å². The number of sulfonamides is 1. The molecule has 1 amide bonds. The lowest BCUT2D eigenvalue weighted by Crippen LogP contribution is -2.45. The van der Waals surface area contributed by atoms with Crippen LogP contribution in [-0.2, 0) is 14.8 Å². The molecule has 0 saturated heterocycles. The molecule has 0 saturated carbocycles. The summed E-state index contributed by atoms with van der Waals surface area (Å²) in [6, 6.07) is 18.3. The average molecular weight is 491 g/mol. The maximum Gasteiger partial charge on any atom is 0.264 e. The van der Waals surface area contributed by atoms with Crippen LogP contribution in [0.1, 0.15) is 0 Å². The Labute approximate surface area is 195 Å². The second-order valence-corrected chi connectivity index (χ2v) is 9.49. The molecular weight excluding hydrogens is 471 g/mol. The van der Waals surface area contributed by atoms with Gasteiger partial charge in [-0.05, 0) is 42.5 Å². The number of rotatable bonds is 7. The van der Waals surface area contributed by atoms with E-state index in [4.69, 9.17) is 21.1 Å². The number of ether oxygens (including phenoxy) is 2. The molecular formula is C23H20ClFN2O5S. The summed E-state index contributed by atoms with van der Waals surface area (Å²) in [6.07, 6.45) is -0.441. The van der Waals surface area contributed by atoms with Gasteiger partial charge < -0.3 is 14.8 Å². The zero-order chi connectivity index (χ0) is 23.4. The maximum absolute atomic E-state index is 13.7. The smallest absolute Gasteiger partial charge is 0.264 e. The van der Waals surface area contributed by atoms with E-state index in [1.165, 1.54) is 24.3 Å². The van der Waals surface area contributed by atoms with E-state index >= 15 is 0 Å². The summed E-state index contributed by atoms with van der Waals surface area (Å²) in [6.45, 7) is -0.198. The van der Waals surface area contributed by atoms with Crippen LogP contribution in [0.4, 0.5) is 10.1 Å². The van der Waals surface area contributed by atoms with Crippen molar-refractivity contribution in [2.24, 2.45) is 0 Å². The Morgan fingerprint density at radius 2 is 1.76 bits per heavy atom. The van der Waals surface area contributed by atoms with Crippen molar-refractivity contribution in [3.63, 3.8) is 0 Å². The fraction of sp³-hybridized carbons (Fsp3) is 0.174. The zero-order valence-corrected chi connectivity index (χ0v) is 18.9. The molecule has 1 N–H and O–H groups in total. The molecule has 1 heterocycles. The molecule has 0 bridgehead atoms. The predicted octanol–water partition coefficient (Wildman–Crippen LogP) is 3.63. The van der Waals surface area contributed by atoms with Gasteiger partial charge in [0.25, 0.3) is 10.0 Å². The summed E-state index contributed by atoms with van der Waals surface area (Å²) in [5.74, 6) is -0.0836. The van der Waals surface area contributed by atoms with E-state index in [1.807, 2.05) is 12.1 Å². The number of halogens is 2. The van der Waals surface area contributed by atoms with Crippen LogP contribution in [0.2, 0.25) is 5.02 Å². The summed E-state index contributed by atoms with van der Waals surface area (Å²) in [5.41, 5.74) is 0.0616. The Kier molecular flexibility index (Phi) is 6.71. The highest BCUT2D eigenvalue weighted by Gasteiger charge is 2.28. The molecule has 33 heavy (non-hydrogen) atoms. The predicted molar refractivity (Wildman–Crippen MR) is 122 cm³/mol. The van der Waals surface area contributed by atoms with Crippen LogP contribution in [-0.4, -0.2) is 40.1 Å². The molecule has 0 spiro atoms. The number of carbonyl (C=O) groups excluding carboxylic acids is 1. The van der Waals surface area contributed by atoms with Gasteiger partial charge in [-0.25, -0.2) is 12.8 Å². The third-order valence-corrected chi connectivity index (χ3v) is 6.98. The number of carbonyl (C=O) groups is 1. The highest BCUT2D eigenvalue weighted by atomic mass is 35.5. The first-order valence-electron chi connectivity index (χ1n) is 10.0. The number of nitrogens with zero attached hydrogens (tertiary/aromatic N) is 1. The minimum absolute atomic E-state index is 0.0149. The SMILES string of the molecule is O=C(CN(c1ccc(F)c(Cl)c1)S(=O)(=O)c1ccccc1)NC[C@@H]1COc2ccccc2O1. The molecule has 0 aromatic heterocycles. The third kappa shape index (κ3) is 5.20. The number of nitrogens with one attached hydrogen (secondary N) is 1. The average Bonchev–Trinajstić information content (AvgIpc) is 2.83. The first kappa shape index (κ1) is 22.9. The van der Waals surface area contributed by atoms with E-state index in [2.05, 4.69) is 5.32 Å². The standard InChI is InChI=1S/C23H20ClFN2O5S/c24-19-12-16(10-11-20(19)25)27(33(29,30)18-6-2-1-3-7-18)14-23(28)26-13-17-15-31-21-8-4-5-9-22(21)32-17/h1-12,17H,13-15H2,(H,26,28)/t17-/m1/s1. The van der Waals surface area contributed by atoms with Crippen LogP contribution in [0.3, 0.4) is 0 Å². The van der Waals surface area contributed by atoms with E-state index in [1.54, 1.807) is 30.3 Å². The lowest BCUT2D eigenvalue weighted by Gasteiger charge is -2.27. The fourth-order valence-corrected chi connectivity index (χ4v) is 4.86. The van der Waals surface area contributed by atoms with E-state index in [-0.39, 0.29) is 28.8 Å². The Morgan fingerprint density at radius 1 is 1.06 bits per heavy atom. The summed E-state index contributed by atoms with van der Waals surface area (Å²) in [4.78, 5) is 12.7. The molecule has 3 aromatic rings. The maximum atomic E-state index is 13.7. The first-order valence-corrected chi connectivity index (χ1v) is 11.8. The third-order valence-electron chi connectivity index (χ3n) is 4.90. The van der Waals surface area contributed by atoms with E-state index in [0.717, 1.165) is 10.4 Å². The van der Waals surface area contributed by atoms with Crippen molar-refractivity contribution in [2.45, 2.75) is 11.0 Å². The van der Waals surface area contributed by atoms with Gasteiger partial charge in [0.05, 0.1) is 22.2 Å². The van der Waals surface area contributed by atoms with Crippen molar-refractivity contribution in [2.75, 3.05) is 24.0 Å². The first-order chi connectivity index (χ1) is 15.8. The number of anilines is 1. The minimum atomic E-state index is -4.13. The highest BCUT2D eigenvalue weighted by Crippen LogP contribution is 2.31. The van der Waals surface area contributed by atoms with Crippen molar-refractivity contribution in [3.8, 4) is 11.5 Å². The van der Waals surface area contributed by atoms with Gasteiger partial charge in [-0.3, -0.25) is 9.10 Å². The van der Waals surface area contributed by atoms with Gasteiger partial charge >= 0.3 is 0 Å². The molecule has 1 atom stereocenters. The molecule has 4 rings (SSSR count). The highest BCUT2D eigenvalue weighted by molar-refractivity contribution is 7.92. The topological polar surface area (TPSA) is 84.9 Å². The van der Waals surface area contributed by atoms with Crippen molar-refractivity contribution >= 4 is 33.2 Å². The van der Waals surface area contributed by atoms with Crippen LogP contribution < -0.4 is 19.1 Å². The number of amides is 1. The molecule has 7 nitrogen and oxygen atoms in total. The second kappa shape index (κ2) is 9.68. The van der Waals surface area contributed by atoms with Crippen molar-refractivity contribution < 1.29 is 27.1 Å². The van der Waals surface area contributed by atoms with Crippen molar-refractivity contribution in [3.05, 3.63) is 83.6 Å². The molecule has 0 unspecified atom stereocenters. The summed E-state index contributed by atoms with van der Waals surface area (Å²) in [5, 5.41) is 2.42. The van der Waals surface area contributed by atoms with Crippen molar-refractivity contribution in [1.29, 1.82) is 0 Å². The monoisotopic (exact) mass is 490 g/mol. The van der Waals surface area contributed by atoms with Crippen LogP contribution in [0, 0.1) is 5.82 Å². The van der Waals surface area contributed by atoms with E-state index in [0.29, 0.717) is 11.5 Å². The van der Waals surface area contributed by atoms with E-state index in [9.17, 15) is 17.6 Å². The number of hydrogen-bond donors (Lipinski definition) is 1. The molecule has 0 fully saturated rings. The van der Waals surface area contributed by atoms with Gasteiger partial charge in [0.1, 0.15) is 25.1 Å². The Bertz CT molecular complexity index is 1260. The van der Waals surface area contributed by atoms with Crippen molar-refractivity contribution in [1.82, 2.24) is 5.32 Å². The lowest BCUT2D eigenvalue weighted by molar-refractivity contribution is -0.120. The number of para-hydroxylation sites is 2. The molecule has 10 heteroatoms. The largest absolute Gasteiger partial charge is 0.486 e. The number of hydrogen-bond acceptors (Lipinski definition) is 5. The molecule has 3 aromatic carbocycles.